The van der Waals surface area contributed by atoms with Crippen LogP contribution in [0, 0.1) is 6.92 Å². The van der Waals surface area contributed by atoms with Crippen LogP contribution in [-0.4, -0.2) is 57.2 Å². The first kappa shape index (κ1) is 20.2. The summed E-state index contributed by atoms with van der Waals surface area (Å²) in [6, 6.07) is 8.38. The molecule has 26 heavy (non-hydrogen) atoms. The van der Waals surface area contributed by atoms with E-state index in [9.17, 15) is 4.79 Å². The lowest BCUT2D eigenvalue weighted by atomic mass is 10.0. The van der Waals surface area contributed by atoms with Gasteiger partial charge in [0.25, 0.3) is 0 Å². The Morgan fingerprint density at radius 2 is 2.15 bits per heavy atom. The van der Waals surface area contributed by atoms with Gasteiger partial charge in [0.1, 0.15) is 6.10 Å². The molecule has 1 heterocycles. The van der Waals surface area contributed by atoms with E-state index >= 15 is 0 Å². The molecule has 0 bridgehead atoms. The first-order chi connectivity index (χ1) is 12.7. The highest BCUT2D eigenvalue weighted by atomic mass is 16.5. The van der Waals surface area contributed by atoms with Gasteiger partial charge in [-0.15, -0.1) is 0 Å². The Bertz CT molecular complexity index is 604. The first-order valence-corrected chi connectivity index (χ1v) is 9.35. The summed E-state index contributed by atoms with van der Waals surface area (Å²) in [5, 5.41) is 3.43. The molecule has 0 radical (unpaired) electrons. The summed E-state index contributed by atoms with van der Waals surface area (Å²) in [5.74, 6) is 0.782. The highest BCUT2D eigenvalue weighted by Gasteiger charge is 2.24. The lowest BCUT2D eigenvalue weighted by Crippen LogP contribution is -2.48. The molecule has 1 aliphatic heterocycles. The summed E-state index contributed by atoms with van der Waals surface area (Å²) in [4.78, 5) is 17.8. The van der Waals surface area contributed by atoms with E-state index in [1.165, 1.54) is 18.2 Å². The second-order valence-corrected chi connectivity index (χ2v) is 6.52. The van der Waals surface area contributed by atoms with E-state index in [4.69, 9.17) is 4.74 Å². The number of ether oxygens (including phenoxy) is 2. The quantitative estimate of drug-likeness (QED) is 0.350. The molecule has 1 saturated heterocycles. The molecule has 0 aromatic heterocycles. The van der Waals surface area contributed by atoms with Crippen LogP contribution in [0.1, 0.15) is 42.9 Å². The number of carbonyl (C=O) groups excluding carboxylic acids is 1. The predicted molar refractivity (Wildman–Crippen MR) is 103 cm³/mol. The lowest BCUT2D eigenvalue weighted by Gasteiger charge is -2.35. The number of rotatable bonds is 7. The summed E-state index contributed by atoms with van der Waals surface area (Å²) in [7, 11) is 3.25. The number of nitrogens with zero attached hydrogens (tertiary/aromatic N) is 2. The molecule has 1 aliphatic rings. The SMILES string of the molecule is CN=C(NCCCCCC(=O)OC)N1CCOC(c2ccccc2C)C1. The third-order valence-corrected chi connectivity index (χ3v) is 4.68. The second kappa shape index (κ2) is 10.8. The third-order valence-electron chi connectivity index (χ3n) is 4.68. The molecule has 144 valence electrons. The van der Waals surface area contributed by atoms with E-state index < -0.39 is 0 Å². The van der Waals surface area contributed by atoms with Gasteiger partial charge in [0.2, 0.25) is 0 Å². The zero-order valence-electron chi connectivity index (χ0n) is 16.2. The first-order valence-electron chi connectivity index (χ1n) is 9.35. The molecule has 1 aromatic carbocycles. The van der Waals surface area contributed by atoms with E-state index in [0.717, 1.165) is 44.9 Å². The van der Waals surface area contributed by atoms with Crippen molar-refractivity contribution >= 4 is 11.9 Å². The van der Waals surface area contributed by atoms with E-state index in [2.05, 4.69) is 51.1 Å². The number of morpholine rings is 1. The number of methoxy groups -OCH3 is 1. The average Bonchev–Trinajstić information content (AvgIpc) is 2.67. The largest absolute Gasteiger partial charge is 0.469 e. The van der Waals surface area contributed by atoms with Gasteiger partial charge in [-0.3, -0.25) is 9.79 Å². The Kier molecular flexibility index (Phi) is 8.41. The van der Waals surface area contributed by atoms with Crippen LogP contribution in [0.5, 0.6) is 0 Å². The van der Waals surface area contributed by atoms with Crippen molar-refractivity contribution in [3.05, 3.63) is 35.4 Å². The van der Waals surface area contributed by atoms with Crippen LogP contribution < -0.4 is 5.32 Å². The maximum Gasteiger partial charge on any atom is 0.305 e. The molecule has 1 unspecified atom stereocenters. The molecule has 2 rings (SSSR count). The molecule has 1 fully saturated rings. The van der Waals surface area contributed by atoms with Crippen LogP contribution in [-0.2, 0) is 14.3 Å². The Balaban J connectivity index is 1.78. The van der Waals surface area contributed by atoms with Crippen molar-refractivity contribution in [1.29, 1.82) is 0 Å². The standard InChI is InChI=1S/C20H31N3O3/c1-16-9-6-7-10-17(16)18-15-23(13-14-26-18)20(21-2)22-12-8-4-5-11-19(24)25-3/h6-7,9-10,18H,4-5,8,11-15H2,1-3H3,(H,21,22). The molecule has 0 amide bonds. The van der Waals surface area contributed by atoms with Crippen molar-refractivity contribution < 1.29 is 14.3 Å². The number of aliphatic imine (C=N–C) groups is 1. The number of unbranched alkanes of at least 4 members (excludes halogenated alkanes) is 2. The zero-order valence-corrected chi connectivity index (χ0v) is 16.2. The van der Waals surface area contributed by atoms with Crippen molar-refractivity contribution in [1.82, 2.24) is 10.2 Å². The number of benzene rings is 1. The molecule has 1 aromatic rings. The third kappa shape index (κ3) is 6.02. The molecular weight excluding hydrogens is 330 g/mol. The normalized spacial score (nSPS) is 17.9. The van der Waals surface area contributed by atoms with E-state index in [1.807, 2.05) is 7.05 Å². The van der Waals surface area contributed by atoms with Crippen LogP contribution in [0.25, 0.3) is 0 Å². The molecule has 6 heteroatoms. The number of hydrogen-bond acceptors (Lipinski definition) is 4. The maximum absolute atomic E-state index is 11.1. The lowest BCUT2D eigenvalue weighted by molar-refractivity contribution is -0.140. The van der Waals surface area contributed by atoms with Crippen molar-refractivity contribution in [3.63, 3.8) is 0 Å². The van der Waals surface area contributed by atoms with Gasteiger partial charge in [-0.2, -0.15) is 0 Å². The number of aryl methyl sites for hydroxylation is 1. The van der Waals surface area contributed by atoms with E-state index in [-0.39, 0.29) is 12.1 Å². The Hall–Kier alpha value is -2.08. The van der Waals surface area contributed by atoms with Crippen LogP contribution in [0.3, 0.4) is 0 Å². The average molecular weight is 361 g/mol. The smallest absolute Gasteiger partial charge is 0.305 e. The monoisotopic (exact) mass is 361 g/mol. The number of esters is 1. The number of carbonyl (C=O) groups is 1. The minimum Gasteiger partial charge on any atom is -0.469 e. The number of hydrogen-bond donors (Lipinski definition) is 1. The number of guanidine groups is 1. The Morgan fingerprint density at radius 1 is 1.35 bits per heavy atom. The van der Waals surface area contributed by atoms with Crippen LogP contribution in [0.15, 0.2) is 29.3 Å². The molecule has 0 saturated carbocycles. The number of nitrogens with one attached hydrogen (secondary N) is 1. The fraction of sp³-hybridized carbons (Fsp3) is 0.600. The minimum absolute atomic E-state index is 0.0727. The summed E-state index contributed by atoms with van der Waals surface area (Å²) < 4.78 is 10.6. The topological polar surface area (TPSA) is 63.2 Å². The molecular formula is C20H31N3O3. The van der Waals surface area contributed by atoms with Crippen LogP contribution in [0.4, 0.5) is 0 Å². The summed E-state index contributed by atoms with van der Waals surface area (Å²) in [6.45, 7) is 5.30. The molecule has 0 aliphatic carbocycles. The van der Waals surface area contributed by atoms with Gasteiger partial charge >= 0.3 is 5.97 Å². The zero-order chi connectivity index (χ0) is 18.8. The van der Waals surface area contributed by atoms with Crippen LogP contribution in [0.2, 0.25) is 0 Å². The van der Waals surface area contributed by atoms with Crippen LogP contribution >= 0.6 is 0 Å². The van der Waals surface area contributed by atoms with Gasteiger partial charge in [-0.05, 0) is 30.9 Å². The summed E-state index contributed by atoms with van der Waals surface area (Å²) in [6.07, 6.45) is 3.42. The van der Waals surface area contributed by atoms with Crippen molar-refractivity contribution in [2.24, 2.45) is 4.99 Å². The van der Waals surface area contributed by atoms with Gasteiger partial charge < -0.3 is 19.7 Å². The summed E-state index contributed by atoms with van der Waals surface area (Å²) >= 11 is 0. The van der Waals surface area contributed by atoms with E-state index in [1.54, 1.807) is 0 Å². The van der Waals surface area contributed by atoms with Gasteiger partial charge in [-0.25, -0.2) is 0 Å². The second-order valence-electron chi connectivity index (χ2n) is 6.52. The fourth-order valence-corrected chi connectivity index (χ4v) is 3.18. The van der Waals surface area contributed by atoms with Crippen molar-refractivity contribution in [2.45, 2.75) is 38.7 Å². The minimum atomic E-state index is -0.135. The summed E-state index contributed by atoms with van der Waals surface area (Å²) in [5.41, 5.74) is 2.50. The van der Waals surface area contributed by atoms with Crippen molar-refractivity contribution in [2.75, 3.05) is 40.4 Å². The predicted octanol–water partition coefficient (Wildman–Crippen LogP) is 2.68. The molecule has 1 atom stereocenters. The fourth-order valence-electron chi connectivity index (χ4n) is 3.18. The van der Waals surface area contributed by atoms with Gasteiger partial charge in [0.05, 0.1) is 20.3 Å². The van der Waals surface area contributed by atoms with E-state index in [0.29, 0.717) is 13.0 Å². The van der Waals surface area contributed by atoms with Gasteiger partial charge in [0, 0.05) is 26.6 Å². The molecule has 1 N–H and O–H groups in total. The Morgan fingerprint density at radius 3 is 2.88 bits per heavy atom. The molecule has 0 spiro atoms. The van der Waals surface area contributed by atoms with Gasteiger partial charge in [-0.1, -0.05) is 30.7 Å². The molecule has 6 nitrogen and oxygen atoms in total. The Labute approximate surface area is 156 Å². The maximum atomic E-state index is 11.1. The van der Waals surface area contributed by atoms with Gasteiger partial charge in [0.15, 0.2) is 5.96 Å². The van der Waals surface area contributed by atoms with Crippen molar-refractivity contribution in [3.8, 4) is 0 Å². The highest BCUT2D eigenvalue weighted by Crippen LogP contribution is 2.24. The highest BCUT2D eigenvalue weighted by molar-refractivity contribution is 5.80.